The maximum absolute atomic E-state index is 15.6. The van der Waals surface area contributed by atoms with Crippen LogP contribution >= 0.6 is 0 Å². The SMILES string of the molecule is O=c1c2ccc(Nc3ncc(-c4nnco4)c(N[C@H](CO)c4ccccc4)n3)c(F)c2n2n1CCOC2. The first-order valence-electron chi connectivity index (χ1n) is 11.5. The van der Waals surface area contributed by atoms with Gasteiger partial charge in [0, 0.05) is 6.20 Å². The number of fused-ring (bicyclic) bond motifs is 3. The number of aromatic nitrogens is 6. The van der Waals surface area contributed by atoms with Crippen molar-refractivity contribution in [2.75, 3.05) is 23.8 Å². The number of rotatable bonds is 7. The summed E-state index contributed by atoms with van der Waals surface area (Å²) in [6, 6.07) is 11.9. The highest BCUT2D eigenvalue weighted by molar-refractivity contribution is 5.84. The van der Waals surface area contributed by atoms with Gasteiger partial charge in [0.1, 0.15) is 18.1 Å². The molecule has 4 heterocycles. The molecule has 0 amide bonds. The summed E-state index contributed by atoms with van der Waals surface area (Å²) in [4.78, 5) is 21.5. The fourth-order valence-corrected chi connectivity index (χ4v) is 4.32. The van der Waals surface area contributed by atoms with E-state index < -0.39 is 11.9 Å². The van der Waals surface area contributed by atoms with E-state index in [0.29, 0.717) is 18.7 Å². The Labute approximate surface area is 208 Å². The van der Waals surface area contributed by atoms with Crippen LogP contribution in [0.5, 0.6) is 0 Å². The molecule has 0 saturated carbocycles. The Morgan fingerprint density at radius 2 is 2.03 bits per heavy atom. The van der Waals surface area contributed by atoms with E-state index in [9.17, 15) is 9.90 Å². The molecular formula is C24H21FN8O4. The molecule has 1 aliphatic rings. The normalized spacial score (nSPS) is 13.9. The molecule has 0 bridgehead atoms. The number of hydrogen-bond donors (Lipinski definition) is 3. The Balaban J connectivity index is 1.38. The summed E-state index contributed by atoms with van der Waals surface area (Å²) in [7, 11) is 0. The predicted molar refractivity (Wildman–Crippen MR) is 131 cm³/mol. The summed E-state index contributed by atoms with van der Waals surface area (Å²) in [6.45, 7) is 0.585. The molecule has 0 aliphatic carbocycles. The summed E-state index contributed by atoms with van der Waals surface area (Å²) in [5, 5.41) is 24.0. The van der Waals surface area contributed by atoms with Crippen LogP contribution in [0.1, 0.15) is 11.6 Å². The maximum Gasteiger partial charge on any atom is 0.274 e. The van der Waals surface area contributed by atoms with Crippen LogP contribution in [-0.2, 0) is 18.0 Å². The molecule has 6 rings (SSSR count). The van der Waals surface area contributed by atoms with Crippen molar-refractivity contribution >= 4 is 28.4 Å². The molecule has 3 N–H and O–H groups in total. The third kappa shape index (κ3) is 4.09. The molecule has 1 atom stereocenters. The van der Waals surface area contributed by atoms with Gasteiger partial charge >= 0.3 is 0 Å². The Bertz CT molecular complexity index is 1620. The van der Waals surface area contributed by atoms with Crippen molar-refractivity contribution in [2.24, 2.45) is 0 Å². The minimum Gasteiger partial charge on any atom is -0.423 e. The minimum atomic E-state index is -0.629. The van der Waals surface area contributed by atoms with Gasteiger partial charge in [-0.25, -0.2) is 14.1 Å². The van der Waals surface area contributed by atoms with Gasteiger partial charge in [-0.1, -0.05) is 30.3 Å². The topological polar surface area (TPSA) is 145 Å². The first-order chi connectivity index (χ1) is 18.1. The zero-order valence-corrected chi connectivity index (χ0v) is 19.3. The quantitative estimate of drug-likeness (QED) is 0.302. The van der Waals surface area contributed by atoms with E-state index in [-0.39, 0.29) is 53.1 Å². The molecule has 0 spiro atoms. The Morgan fingerprint density at radius 1 is 1.16 bits per heavy atom. The third-order valence-electron chi connectivity index (χ3n) is 6.11. The van der Waals surface area contributed by atoms with Gasteiger partial charge in [0.25, 0.3) is 11.4 Å². The van der Waals surface area contributed by atoms with Gasteiger partial charge in [0.15, 0.2) is 5.82 Å². The van der Waals surface area contributed by atoms with Crippen molar-refractivity contribution in [3.8, 4) is 11.5 Å². The molecule has 0 unspecified atom stereocenters. The molecule has 12 nitrogen and oxygen atoms in total. The third-order valence-corrected chi connectivity index (χ3v) is 6.11. The molecule has 2 aromatic carbocycles. The Morgan fingerprint density at radius 3 is 2.81 bits per heavy atom. The second kappa shape index (κ2) is 9.44. The van der Waals surface area contributed by atoms with E-state index in [1.807, 2.05) is 30.3 Å². The second-order valence-electron chi connectivity index (χ2n) is 8.30. The van der Waals surface area contributed by atoms with E-state index in [4.69, 9.17) is 9.15 Å². The van der Waals surface area contributed by atoms with Gasteiger partial charge in [-0.3, -0.25) is 9.48 Å². The van der Waals surface area contributed by atoms with E-state index in [0.717, 1.165) is 5.56 Å². The number of ether oxygens (including phenoxy) is 1. The molecule has 0 radical (unpaired) electrons. The van der Waals surface area contributed by atoms with E-state index in [2.05, 4.69) is 30.8 Å². The van der Waals surface area contributed by atoms with Crippen LogP contribution in [0.4, 0.5) is 21.8 Å². The Hall–Kier alpha value is -4.62. The van der Waals surface area contributed by atoms with Gasteiger partial charge < -0.3 is 24.9 Å². The largest absolute Gasteiger partial charge is 0.423 e. The fraction of sp³-hybridized carbons (Fsp3) is 0.208. The minimum absolute atomic E-state index is 0.0740. The van der Waals surface area contributed by atoms with E-state index in [1.165, 1.54) is 28.0 Å². The average molecular weight is 504 g/mol. The fourth-order valence-electron chi connectivity index (χ4n) is 4.32. The van der Waals surface area contributed by atoms with Crippen LogP contribution in [0, 0.1) is 5.82 Å². The van der Waals surface area contributed by atoms with Gasteiger partial charge in [-0.15, -0.1) is 10.2 Å². The lowest BCUT2D eigenvalue weighted by molar-refractivity contribution is 0.0176. The second-order valence-corrected chi connectivity index (χ2v) is 8.30. The van der Waals surface area contributed by atoms with Crippen molar-refractivity contribution in [3.05, 3.63) is 76.8 Å². The van der Waals surface area contributed by atoms with E-state index >= 15 is 4.39 Å². The molecule has 0 fully saturated rings. The number of halogens is 1. The van der Waals surface area contributed by atoms with Crippen LogP contribution in [0.2, 0.25) is 0 Å². The molecule has 188 valence electrons. The van der Waals surface area contributed by atoms with Crippen molar-refractivity contribution in [1.82, 2.24) is 29.5 Å². The van der Waals surface area contributed by atoms with E-state index in [1.54, 1.807) is 6.07 Å². The zero-order chi connectivity index (χ0) is 25.4. The van der Waals surface area contributed by atoms with Crippen molar-refractivity contribution in [2.45, 2.75) is 19.3 Å². The lowest BCUT2D eigenvalue weighted by Gasteiger charge is -2.19. The first-order valence-corrected chi connectivity index (χ1v) is 11.5. The summed E-state index contributed by atoms with van der Waals surface area (Å²) >= 11 is 0. The highest BCUT2D eigenvalue weighted by Crippen LogP contribution is 2.31. The van der Waals surface area contributed by atoms with Crippen LogP contribution < -0.4 is 16.2 Å². The van der Waals surface area contributed by atoms with Crippen molar-refractivity contribution < 1.29 is 18.7 Å². The first kappa shape index (κ1) is 22.8. The lowest BCUT2D eigenvalue weighted by atomic mass is 10.1. The van der Waals surface area contributed by atoms with Crippen LogP contribution in [-0.4, -0.2) is 47.8 Å². The monoisotopic (exact) mass is 504 g/mol. The van der Waals surface area contributed by atoms with Gasteiger partial charge in [0.2, 0.25) is 12.3 Å². The summed E-state index contributed by atoms with van der Waals surface area (Å²) in [6.07, 6.45) is 2.64. The highest BCUT2D eigenvalue weighted by Gasteiger charge is 2.23. The number of anilines is 3. The molecule has 37 heavy (non-hydrogen) atoms. The maximum atomic E-state index is 15.6. The smallest absolute Gasteiger partial charge is 0.274 e. The molecule has 1 aliphatic heterocycles. The summed E-state index contributed by atoms with van der Waals surface area (Å²) in [5.74, 6) is -0.0934. The number of nitrogens with zero attached hydrogens (tertiary/aromatic N) is 6. The predicted octanol–water partition coefficient (Wildman–Crippen LogP) is 2.66. The number of hydrogen-bond acceptors (Lipinski definition) is 10. The number of aliphatic hydroxyl groups excluding tert-OH is 1. The summed E-state index contributed by atoms with van der Waals surface area (Å²) < 4.78 is 29.3. The number of aliphatic hydroxyl groups is 1. The molecule has 0 saturated heterocycles. The standard InChI is InChI=1S/C24H21FN8O4/c25-19-17(7-6-15-20(19)33-13-36-9-8-32(33)23(15)35)29-24-26-10-16(22-31-27-12-37-22)21(30-24)28-18(11-34)14-4-2-1-3-5-14/h1-7,10,12,18,34H,8-9,11,13H2,(H2,26,28,29,30)/t18-/m1/s1. The zero-order valence-electron chi connectivity index (χ0n) is 19.3. The van der Waals surface area contributed by atoms with Gasteiger partial charge in [-0.05, 0) is 17.7 Å². The van der Waals surface area contributed by atoms with Gasteiger partial charge in [0.05, 0.1) is 42.4 Å². The molecule has 3 aromatic heterocycles. The average Bonchev–Trinajstić information content (AvgIpc) is 3.57. The Kier molecular flexibility index (Phi) is 5.82. The lowest BCUT2D eigenvalue weighted by Crippen LogP contribution is -2.30. The van der Waals surface area contributed by atoms with Crippen LogP contribution in [0.3, 0.4) is 0 Å². The number of benzene rings is 2. The van der Waals surface area contributed by atoms with Gasteiger partial charge in [-0.2, -0.15) is 4.98 Å². The van der Waals surface area contributed by atoms with Crippen molar-refractivity contribution in [3.63, 3.8) is 0 Å². The highest BCUT2D eigenvalue weighted by atomic mass is 19.1. The molecular weight excluding hydrogens is 483 g/mol. The molecule has 13 heteroatoms. The van der Waals surface area contributed by atoms with Crippen molar-refractivity contribution in [1.29, 1.82) is 0 Å². The molecule has 5 aromatic rings. The summed E-state index contributed by atoms with van der Waals surface area (Å²) in [5.41, 5.74) is 1.18. The number of nitrogens with one attached hydrogen (secondary N) is 2. The van der Waals surface area contributed by atoms with Crippen LogP contribution in [0.25, 0.3) is 22.4 Å². The van der Waals surface area contributed by atoms with Crippen LogP contribution in [0.15, 0.2) is 64.3 Å².